The Morgan fingerprint density at radius 1 is 1.26 bits per heavy atom. The lowest BCUT2D eigenvalue weighted by atomic mass is 10.2. The first-order chi connectivity index (χ1) is 11.2. The highest BCUT2D eigenvalue weighted by molar-refractivity contribution is 5.83. The zero-order valence-corrected chi connectivity index (χ0v) is 13.5. The molecule has 1 atom stereocenters. The van der Waals surface area contributed by atoms with E-state index in [0.717, 1.165) is 18.8 Å². The molecule has 3 N–H and O–H groups in total. The van der Waals surface area contributed by atoms with Crippen molar-refractivity contribution in [3.63, 3.8) is 0 Å². The van der Waals surface area contributed by atoms with Gasteiger partial charge < -0.3 is 16.0 Å². The van der Waals surface area contributed by atoms with Gasteiger partial charge in [-0.1, -0.05) is 18.9 Å². The van der Waals surface area contributed by atoms with Gasteiger partial charge in [-0.3, -0.25) is 9.59 Å². The van der Waals surface area contributed by atoms with Crippen molar-refractivity contribution < 1.29 is 9.59 Å². The number of carbonyl (C=O) groups excluding carboxylic acids is 2. The summed E-state index contributed by atoms with van der Waals surface area (Å²) in [5, 5.41) is 8.64. The maximum absolute atomic E-state index is 11.6. The number of rotatable bonds is 10. The molecular formula is C17H24N4O2. The van der Waals surface area contributed by atoms with Crippen LogP contribution in [0.3, 0.4) is 0 Å². The second-order valence-electron chi connectivity index (χ2n) is 5.04. The van der Waals surface area contributed by atoms with Crippen molar-refractivity contribution in [2.75, 3.05) is 18.4 Å². The minimum atomic E-state index is -0.261. The molecule has 1 unspecified atom stereocenters. The summed E-state index contributed by atoms with van der Waals surface area (Å²) in [5.41, 5.74) is 0. The van der Waals surface area contributed by atoms with Crippen LogP contribution in [0.1, 0.15) is 32.6 Å². The maximum Gasteiger partial charge on any atom is 0.221 e. The van der Waals surface area contributed by atoms with Crippen molar-refractivity contribution in [2.24, 2.45) is 0 Å². The summed E-state index contributed by atoms with van der Waals surface area (Å²) >= 11 is 0. The Labute approximate surface area is 137 Å². The van der Waals surface area contributed by atoms with Gasteiger partial charge in [0.1, 0.15) is 5.82 Å². The number of hydrogen-bond donors (Lipinski definition) is 3. The van der Waals surface area contributed by atoms with Gasteiger partial charge in [-0.25, -0.2) is 4.98 Å². The van der Waals surface area contributed by atoms with E-state index in [2.05, 4.69) is 26.9 Å². The normalized spacial score (nSPS) is 11.1. The molecule has 6 heteroatoms. The summed E-state index contributed by atoms with van der Waals surface area (Å²) in [7, 11) is 0. The third kappa shape index (κ3) is 8.47. The van der Waals surface area contributed by atoms with Crippen LogP contribution in [-0.4, -0.2) is 35.9 Å². The monoisotopic (exact) mass is 316 g/mol. The fourth-order valence-corrected chi connectivity index (χ4v) is 1.84. The van der Waals surface area contributed by atoms with Gasteiger partial charge in [0.2, 0.25) is 11.8 Å². The smallest absolute Gasteiger partial charge is 0.221 e. The van der Waals surface area contributed by atoms with E-state index in [4.69, 9.17) is 6.42 Å². The number of nitrogens with zero attached hydrogens (tertiary/aromatic N) is 1. The van der Waals surface area contributed by atoms with Crippen LogP contribution in [0.5, 0.6) is 0 Å². The fraction of sp³-hybridized carbons (Fsp3) is 0.471. The van der Waals surface area contributed by atoms with Crippen molar-refractivity contribution in [3.8, 4) is 12.3 Å². The molecule has 23 heavy (non-hydrogen) atoms. The topological polar surface area (TPSA) is 83.1 Å². The van der Waals surface area contributed by atoms with Crippen molar-refractivity contribution in [1.82, 2.24) is 15.6 Å². The van der Waals surface area contributed by atoms with E-state index in [1.807, 2.05) is 25.1 Å². The molecule has 0 bridgehead atoms. The highest BCUT2D eigenvalue weighted by Crippen LogP contribution is 1.99. The van der Waals surface area contributed by atoms with E-state index in [1.54, 1.807) is 6.20 Å². The molecule has 0 aromatic carbocycles. The van der Waals surface area contributed by atoms with Crippen molar-refractivity contribution >= 4 is 17.6 Å². The lowest BCUT2D eigenvalue weighted by molar-refractivity contribution is -0.126. The number of aromatic nitrogens is 1. The standard InChI is InChI=1S/C17H24N4O2/c1-3-14(4-2)21-17(23)10-9-16(22)20-13-7-12-19-15-8-5-6-11-18-15/h1,5-6,8,11,14H,4,7,9-10,12-13H2,2H3,(H,18,19)(H,20,22)(H,21,23). The third-order valence-corrected chi connectivity index (χ3v) is 3.17. The van der Waals surface area contributed by atoms with Crippen LogP contribution in [-0.2, 0) is 9.59 Å². The van der Waals surface area contributed by atoms with Gasteiger partial charge in [-0.2, -0.15) is 0 Å². The molecule has 124 valence electrons. The Hall–Kier alpha value is -2.55. The molecule has 6 nitrogen and oxygen atoms in total. The lowest BCUT2D eigenvalue weighted by Crippen LogP contribution is -2.34. The molecule has 0 saturated heterocycles. The summed E-state index contributed by atoms with van der Waals surface area (Å²) in [6, 6.07) is 5.39. The molecule has 1 rings (SSSR count). The van der Waals surface area contributed by atoms with E-state index in [0.29, 0.717) is 13.0 Å². The minimum absolute atomic E-state index is 0.133. The minimum Gasteiger partial charge on any atom is -0.370 e. The van der Waals surface area contributed by atoms with Crippen LogP contribution in [0.25, 0.3) is 0 Å². The first-order valence-corrected chi connectivity index (χ1v) is 7.82. The van der Waals surface area contributed by atoms with Gasteiger partial charge in [0.25, 0.3) is 0 Å². The Bertz CT molecular complexity index is 525. The number of terminal acetylenes is 1. The molecule has 1 heterocycles. The van der Waals surface area contributed by atoms with Crippen LogP contribution in [0.2, 0.25) is 0 Å². The summed E-state index contributed by atoms with van der Waals surface area (Å²) in [6.07, 6.45) is 8.77. The number of amides is 2. The van der Waals surface area contributed by atoms with Crippen LogP contribution < -0.4 is 16.0 Å². The maximum atomic E-state index is 11.6. The van der Waals surface area contributed by atoms with E-state index in [9.17, 15) is 9.59 Å². The van der Waals surface area contributed by atoms with Gasteiger partial charge >= 0.3 is 0 Å². The van der Waals surface area contributed by atoms with Crippen molar-refractivity contribution in [1.29, 1.82) is 0 Å². The molecule has 1 aromatic heterocycles. The molecule has 0 aliphatic carbocycles. The molecule has 2 amide bonds. The van der Waals surface area contributed by atoms with Gasteiger partial charge in [0.15, 0.2) is 0 Å². The van der Waals surface area contributed by atoms with Crippen LogP contribution in [0, 0.1) is 12.3 Å². The first kappa shape index (κ1) is 18.5. The molecule has 0 spiro atoms. The number of nitrogens with one attached hydrogen (secondary N) is 3. The highest BCUT2D eigenvalue weighted by Gasteiger charge is 2.09. The van der Waals surface area contributed by atoms with Crippen LogP contribution >= 0.6 is 0 Å². The Balaban J connectivity index is 2.06. The lowest BCUT2D eigenvalue weighted by Gasteiger charge is -2.10. The largest absolute Gasteiger partial charge is 0.370 e. The first-order valence-electron chi connectivity index (χ1n) is 7.82. The Kier molecular flexibility index (Phi) is 8.91. The quantitative estimate of drug-likeness (QED) is 0.449. The average Bonchev–Trinajstić information content (AvgIpc) is 2.58. The summed E-state index contributed by atoms with van der Waals surface area (Å²) in [6.45, 7) is 3.18. The van der Waals surface area contributed by atoms with Crippen molar-refractivity contribution in [3.05, 3.63) is 24.4 Å². The SMILES string of the molecule is C#CC(CC)NC(=O)CCC(=O)NCCCNc1ccccn1. The predicted octanol–water partition coefficient (Wildman–Crippen LogP) is 1.31. The Morgan fingerprint density at radius 3 is 2.70 bits per heavy atom. The van der Waals surface area contributed by atoms with Crippen LogP contribution in [0.15, 0.2) is 24.4 Å². The number of pyridine rings is 1. The molecule has 0 aliphatic heterocycles. The zero-order valence-electron chi connectivity index (χ0n) is 13.5. The van der Waals surface area contributed by atoms with E-state index >= 15 is 0 Å². The van der Waals surface area contributed by atoms with E-state index < -0.39 is 0 Å². The summed E-state index contributed by atoms with van der Waals surface area (Å²) in [5.74, 6) is 2.98. The number of anilines is 1. The summed E-state index contributed by atoms with van der Waals surface area (Å²) < 4.78 is 0. The molecule has 0 aliphatic rings. The third-order valence-electron chi connectivity index (χ3n) is 3.17. The summed E-state index contributed by atoms with van der Waals surface area (Å²) in [4.78, 5) is 27.4. The van der Waals surface area contributed by atoms with Crippen molar-refractivity contribution in [2.45, 2.75) is 38.6 Å². The molecule has 1 aromatic rings. The predicted molar refractivity (Wildman–Crippen MR) is 90.6 cm³/mol. The highest BCUT2D eigenvalue weighted by atomic mass is 16.2. The molecular weight excluding hydrogens is 292 g/mol. The van der Waals surface area contributed by atoms with Gasteiger partial charge in [0, 0.05) is 32.1 Å². The number of carbonyl (C=O) groups is 2. The van der Waals surface area contributed by atoms with Gasteiger partial charge in [-0.05, 0) is 25.0 Å². The molecule has 0 radical (unpaired) electrons. The average molecular weight is 316 g/mol. The van der Waals surface area contributed by atoms with E-state index in [1.165, 1.54) is 0 Å². The second kappa shape index (κ2) is 11.1. The zero-order chi connectivity index (χ0) is 16.9. The van der Waals surface area contributed by atoms with Gasteiger partial charge in [0.05, 0.1) is 6.04 Å². The van der Waals surface area contributed by atoms with Gasteiger partial charge in [-0.15, -0.1) is 6.42 Å². The molecule has 0 saturated carbocycles. The second-order valence-corrected chi connectivity index (χ2v) is 5.04. The molecule has 0 fully saturated rings. The van der Waals surface area contributed by atoms with Crippen LogP contribution in [0.4, 0.5) is 5.82 Å². The fourth-order valence-electron chi connectivity index (χ4n) is 1.84. The number of hydrogen-bond acceptors (Lipinski definition) is 4. The Morgan fingerprint density at radius 2 is 2.04 bits per heavy atom. The van der Waals surface area contributed by atoms with E-state index in [-0.39, 0.29) is 30.7 Å².